The Balaban J connectivity index is 1.64. The van der Waals surface area contributed by atoms with Gasteiger partial charge in [0.05, 0.1) is 11.8 Å². The van der Waals surface area contributed by atoms with Crippen molar-refractivity contribution in [1.29, 1.82) is 0 Å². The van der Waals surface area contributed by atoms with Gasteiger partial charge in [0.1, 0.15) is 11.0 Å². The maximum atomic E-state index is 13.3. The van der Waals surface area contributed by atoms with Gasteiger partial charge in [-0.15, -0.1) is 10.2 Å². The van der Waals surface area contributed by atoms with Gasteiger partial charge < -0.3 is 14.3 Å². The van der Waals surface area contributed by atoms with Gasteiger partial charge in [0.25, 0.3) is 0 Å². The number of thioether (sulfide) groups is 1. The van der Waals surface area contributed by atoms with E-state index >= 15 is 0 Å². The molecule has 2 aromatic heterocycles. The third kappa shape index (κ3) is 4.79. The van der Waals surface area contributed by atoms with Gasteiger partial charge in [0.15, 0.2) is 11.0 Å². The van der Waals surface area contributed by atoms with E-state index in [9.17, 15) is 4.79 Å². The number of carbonyl (C=O) groups is 1. The van der Waals surface area contributed by atoms with E-state index in [1.807, 2.05) is 54.9 Å². The number of nitrogens with zero attached hydrogens (tertiary/aromatic N) is 3. The second kappa shape index (κ2) is 9.18. The summed E-state index contributed by atoms with van der Waals surface area (Å²) in [6.45, 7) is 1.87. The highest BCUT2D eigenvalue weighted by molar-refractivity contribution is 8.00. The summed E-state index contributed by atoms with van der Waals surface area (Å²) in [5.74, 6) is 1.20. The summed E-state index contributed by atoms with van der Waals surface area (Å²) in [6, 6.07) is 16.3. The van der Waals surface area contributed by atoms with Crippen molar-refractivity contribution in [2.24, 2.45) is 7.05 Å². The summed E-state index contributed by atoms with van der Waals surface area (Å²) in [6.07, 6.45) is 1.61. The van der Waals surface area contributed by atoms with Crippen LogP contribution in [0.5, 0.6) is 0 Å². The maximum absolute atomic E-state index is 13.3. The van der Waals surface area contributed by atoms with Crippen LogP contribution in [-0.4, -0.2) is 20.7 Å². The molecule has 9 heteroatoms. The zero-order valence-electron chi connectivity index (χ0n) is 16.7. The van der Waals surface area contributed by atoms with Crippen LogP contribution in [-0.2, 0) is 11.8 Å². The summed E-state index contributed by atoms with van der Waals surface area (Å²) < 4.78 is 7.23. The number of hydrogen-bond acceptors (Lipinski definition) is 5. The molecule has 0 radical (unpaired) electrons. The number of benzene rings is 2. The van der Waals surface area contributed by atoms with E-state index in [4.69, 9.17) is 27.6 Å². The number of amides is 1. The van der Waals surface area contributed by atoms with Gasteiger partial charge in [-0.1, -0.05) is 65.3 Å². The Morgan fingerprint density at radius 1 is 1.10 bits per heavy atom. The average Bonchev–Trinajstić information content (AvgIpc) is 3.31. The van der Waals surface area contributed by atoms with Crippen molar-refractivity contribution in [3.63, 3.8) is 0 Å². The van der Waals surface area contributed by atoms with Gasteiger partial charge in [0, 0.05) is 22.8 Å². The summed E-state index contributed by atoms with van der Waals surface area (Å²) in [7, 11) is 1.86. The van der Waals surface area contributed by atoms with Crippen LogP contribution in [0.2, 0.25) is 10.0 Å². The number of rotatable bonds is 6. The Bertz CT molecular complexity index is 1200. The molecule has 0 aliphatic rings. The molecule has 6 nitrogen and oxygen atoms in total. The van der Waals surface area contributed by atoms with Crippen LogP contribution in [0.15, 0.2) is 70.4 Å². The van der Waals surface area contributed by atoms with E-state index in [1.165, 1.54) is 11.8 Å². The molecule has 31 heavy (non-hydrogen) atoms. The molecule has 2 aromatic carbocycles. The first-order valence-electron chi connectivity index (χ1n) is 9.35. The number of hydrogen-bond donors (Lipinski definition) is 1. The number of halogens is 2. The van der Waals surface area contributed by atoms with Crippen LogP contribution in [0.3, 0.4) is 0 Å². The lowest BCUT2D eigenvalue weighted by Gasteiger charge is -2.17. The predicted molar refractivity (Wildman–Crippen MR) is 124 cm³/mol. The minimum absolute atomic E-state index is 0.224. The number of furan rings is 1. The highest BCUT2D eigenvalue weighted by atomic mass is 35.5. The first-order valence-corrected chi connectivity index (χ1v) is 11.0. The van der Waals surface area contributed by atoms with E-state index < -0.39 is 5.25 Å². The molecule has 0 fully saturated rings. The smallest absolute Gasteiger partial charge is 0.242 e. The van der Waals surface area contributed by atoms with Crippen LogP contribution >= 0.6 is 35.0 Å². The van der Waals surface area contributed by atoms with E-state index in [0.29, 0.717) is 26.7 Å². The number of aryl methyl sites for hydroxylation is 1. The van der Waals surface area contributed by atoms with E-state index in [2.05, 4.69) is 15.5 Å². The number of carbonyl (C=O) groups excluding carboxylic acids is 1. The van der Waals surface area contributed by atoms with Gasteiger partial charge in [-0.05, 0) is 36.8 Å². The molecule has 2 heterocycles. The van der Waals surface area contributed by atoms with Gasteiger partial charge in [-0.25, -0.2) is 0 Å². The maximum Gasteiger partial charge on any atom is 0.242 e. The highest BCUT2D eigenvalue weighted by Crippen LogP contribution is 2.37. The first kappa shape index (κ1) is 21.5. The summed E-state index contributed by atoms with van der Waals surface area (Å²) in [5, 5.41) is 12.4. The molecular formula is C22H18Cl2N4O2S. The lowest BCUT2D eigenvalue weighted by molar-refractivity contribution is -0.115. The zero-order chi connectivity index (χ0) is 22.0. The number of anilines is 1. The molecule has 0 bridgehead atoms. The Kier molecular flexibility index (Phi) is 6.36. The van der Waals surface area contributed by atoms with Crippen LogP contribution < -0.4 is 5.32 Å². The first-order chi connectivity index (χ1) is 14.9. The minimum Gasteiger partial charge on any atom is -0.469 e. The van der Waals surface area contributed by atoms with Gasteiger partial charge in [-0.3, -0.25) is 4.79 Å². The molecule has 4 rings (SSSR count). The van der Waals surface area contributed by atoms with Crippen LogP contribution in [0.1, 0.15) is 16.6 Å². The van der Waals surface area contributed by atoms with Crippen LogP contribution in [0.4, 0.5) is 5.69 Å². The van der Waals surface area contributed by atoms with Crippen molar-refractivity contribution in [3.8, 4) is 11.4 Å². The Morgan fingerprint density at radius 2 is 1.81 bits per heavy atom. The Morgan fingerprint density at radius 3 is 2.45 bits per heavy atom. The molecule has 0 spiro atoms. The van der Waals surface area contributed by atoms with E-state index in [0.717, 1.165) is 16.9 Å². The molecule has 0 aliphatic heterocycles. The zero-order valence-corrected chi connectivity index (χ0v) is 19.0. The van der Waals surface area contributed by atoms with Crippen molar-refractivity contribution >= 4 is 46.6 Å². The highest BCUT2D eigenvalue weighted by Gasteiger charge is 2.26. The van der Waals surface area contributed by atoms with Crippen molar-refractivity contribution < 1.29 is 9.21 Å². The predicted octanol–water partition coefficient (Wildman–Crippen LogP) is 6.16. The molecule has 1 N–H and O–H groups in total. The van der Waals surface area contributed by atoms with Gasteiger partial charge in [0.2, 0.25) is 5.91 Å². The van der Waals surface area contributed by atoms with Crippen LogP contribution in [0, 0.1) is 6.92 Å². The Hall–Kier alpha value is -2.74. The third-order valence-electron chi connectivity index (χ3n) is 4.63. The molecule has 1 unspecified atom stereocenters. The quantitative estimate of drug-likeness (QED) is 0.340. The molecule has 1 atom stereocenters. The van der Waals surface area contributed by atoms with Gasteiger partial charge >= 0.3 is 0 Å². The fourth-order valence-electron chi connectivity index (χ4n) is 3.11. The standard InChI is InChI=1S/C22H18Cl2N4O2S/c1-13-18(8-9-30-13)20-26-27-22(28(20)2)31-19(14-6-4-3-5-7-14)21(29)25-17-11-15(23)10-16(24)12-17/h3-12,19H,1-2H3,(H,25,29). The second-order valence-electron chi connectivity index (χ2n) is 6.81. The largest absolute Gasteiger partial charge is 0.469 e. The van der Waals surface area contributed by atoms with E-state index in [-0.39, 0.29) is 5.91 Å². The minimum atomic E-state index is -0.569. The summed E-state index contributed by atoms with van der Waals surface area (Å²) in [4.78, 5) is 13.3. The normalized spacial score (nSPS) is 12.0. The van der Waals surface area contributed by atoms with E-state index in [1.54, 1.807) is 24.5 Å². The summed E-state index contributed by atoms with van der Waals surface area (Å²) in [5.41, 5.74) is 2.22. The molecule has 158 valence electrons. The third-order valence-corrected chi connectivity index (χ3v) is 6.35. The average molecular weight is 473 g/mol. The van der Waals surface area contributed by atoms with Crippen molar-refractivity contribution in [2.45, 2.75) is 17.3 Å². The lowest BCUT2D eigenvalue weighted by Crippen LogP contribution is -2.19. The van der Waals surface area contributed by atoms with Crippen molar-refractivity contribution in [3.05, 3.63) is 82.2 Å². The van der Waals surface area contributed by atoms with Gasteiger partial charge in [-0.2, -0.15) is 0 Å². The summed E-state index contributed by atoms with van der Waals surface area (Å²) >= 11 is 13.5. The Labute approximate surface area is 193 Å². The number of nitrogens with one attached hydrogen (secondary N) is 1. The van der Waals surface area contributed by atoms with Crippen LogP contribution in [0.25, 0.3) is 11.4 Å². The van der Waals surface area contributed by atoms with Crippen molar-refractivity contribution in [2.75, 3.05) is 5.32 Å². The fraction of sp³-hybridized carbons (Fsp3) is 0.136. The molecule has 4 aromatic rings. The molecular weight excluding hydrogens is 455 g/mol. The second-order valence-corrected chi connectivity index (χ2v) is 8.76. The van der Waals surface area contributed by atoms with Crippen molar-refractivity contribution in [1.82, 2.24) is 14.8 Å². The molecule has 0 aliphatic carbocycles. The number of aromatic nitrogens is 3. The fourth-order valence-corrected chi connectivity index (χ4v) is 4.64. The SMILES string of the molecule is Cc1occc1-c1nnc(SC(C(=O)Nc2cc(Cl)cc(Cl)c2)c2ccccc2)n1C. The molecule has 0 saturated heterocycles. The lowest BCUT2D eigenvalue weighted by atomic mass is 10.1. The molecule has 1 amide bonds. The monoisotopic (exact) mass is 472 g/mol. The molecule has 0 saturated carbocycles. The topological polar surface area (TPSA) is 72.9 Å².